The lowest BCUT2D eigenvalue weighted by molar-refractivity contribution is -0.895. The van der Waals surface area contributed by atoms with Crippen LogP contribution in [0.25, 0.3) is 11.0 Å². The van der Waals surface area contributed by atoms with Gasteiger partial charge in [0.25, 0.3) is 5.91 Å². The fourth-order valence-electron chi connectivity index (χ4n) is 4.09. The molecule has 1 N–H and O–H groups in total. The summed E-state index contributed by atoms with van der Waals surface area (Å²) in [6, 6.07) is 10.5. The summed E-state index contributed by atoms with van der Waals surface area (Å²) in [4.78, 5) is 34.3. The molecule has 150 valence electrons. The lowest BCUT2D eigenvalue weighted by atomic mass is 10.0. The van der Waals surface area contributed by atoms with E-state index in [1.807, 2.05) is 37.3 Å². The molecule has 6 nitrogen and oxygen atoms in total. The van der Waals surface area contributed by atoms with Gasteiger partial charge < -0.3 is 14.2 Å². The van der Waals surface area contributed by atoms with Crippen LogP contribution in [0.3, 0.4) is 0 Å². The zero-order valence-electron chi connectivity index (χ0n) is 17.1. The highest BCUT2D eigenvalue weighted by molar-refractivity contribution is 5.99. The summed E-state index contributed by atoms with van der Waals surface area (Å²) in [5, 5.41) is 0.508. The molecule has 1 atom stereocenters. The van der Waals surface area contributed by atoms with Crippen molar-refractivity contribution in [2.45, 2.75) is 26.8 Å². The Bertz CT molecular complexity index is 1100. The molecule has 1 aliphatic heterocycles. The molecule has 0 saturated heterocycles. The van der Waals surface area contributed by atoms with Crippen molar-refractivity contribution in [3.63, 3.8) is 0 Å². The van der Waals surface area contributed by atoms with Crippen LogP contribution < -0.4 is 10.3 Å². The van der Waals surface area contributed by atoms with Gasteiger partial charge >= 0.3 is 0 Å². The molecule has 0 radical (unpaired) electrons. The minimum absolute atomic E-state index is 0.147. The molecule has 29 heavy (non-hydrogen) atoms. The van der Waals surface area contributed by atoms with Gasteiger partial charge in [-0.05, 0) is 45.0 Å². The first-order valence-corrected chi connectivity index (χ1v) is 10.2. The maximum absolute atomic E-state index is 13.4. The summed E-state index contributed by atoms with van der Waals surface area (Å²) in [7, 11) is 0. The number of nitrogens with zero attached hydrogens (tertiary/aromatic N) is 2. The number of hydrogen-bond acceptors (Lipinski definition) is 4. The van der Waals surface area contributed by atoms with Crippen molar-refractivity contribution in [2.24, 2.45) is 0 Å². The molecule has 1 aliphatic rings. The monoisotopic (exact) mass is 392 g/mol. The molecule has 3 heterocycles. The Hall–Kier alpha value is -2.99. The summed E-state index contributed by atoms with van der Waals surface area (Å²) >= 11 is 0. The molecule has 3 aromatic rings. The van der Waals surface area contributed by atoms with Crippen molar-refractivity contribution in [1.29, 1.82) is 0 Å². The van der Waals surface area contributed by atoms with Gasteiger partial charge in [-0.1, -0.05) is 17.7 Å². The number of likely N-dealkylation sites (N-methyl/N-ethyl adjacent to an activating group) is 1. The highest BCUT2D eigenvalue weighted by atomic mass is 16.3. The molecule has 6 heteroatoms. The minimum atomic E-state index is -0.519. The fourth-order valence-corrected chi connectivity index (χ4v) is 4.09. The summed E-state index contributed by atoms with van der Waals surface area (Å²) in [6.45, 7) is 9.53. The average Bonchev–Trinajstić information content (AvgIpc) is 3.02. The second kappa shape index (κ2) is 7.79. The van der Waals surface area contributed by atoms with E-state index in [-0.39, 0.29) is 17.1 Å². The van der Waals surface area contributed by atoms with Crippen LogP contribution in [0.5, 0.6) is 0 Å². The first-order chi connectivity index (χ1) is 14.0. The number of aryl methyl sites for hydroxylation is 1. The molecule has 0 saturated carbocycles. The first kappa shape index (κ1) is 19.3. The van der Waals surface area contributed by atoms with Gasteiger partial charge in [0.1, 0.15) is 11.6 Å². The van der Waals surface area contributed by atoms with Gasteiger partial charge in [0.2, 0.25) is 5.76 Å². The molecule has 0 aliphatic carbocycles. The molecular formula is C23H26N3O3+. The van der Waals surface area contributed by atoms with Crippen molar-refractivity contribution in [3.8, 4) is 0 Å². The molecular weight excluding hydrogens is 366 g/mol. The van der Waals surface area contributed by atoms with Gasteiger partial charge in [-0.3, -0.25) is 14.6 Å². The van der Waals surface area contributed by atoms with Crippen LogP contribution >= 0.6 is 0 Å². The van der Waals surface area contributed by atoms with E-state index < -0.39 is 6.04 Å². The Morgan fingerprint density at radius 3 is 2.62 bits per heavy atom. The van der Waals surface area contributed by atoms with E-state index in [0.29, 0.717) is 28.8 Å². The normalized spacial score (nSPS) is 16.1. The number of hydrogen-bond donors (Lipinski definition) is 1. The van der Waals surface area contributed by atoms with E-state index >= 15 is 0 Å². The molecule has 1 aromatic carbocycles. The Kier molecular flexibility index (Phi) is 5.20. The van der Waals surface area contributed by atoms with E-state index in [2.05, 4.69) is 18.8 Å². The van der Waals surface area contributed by atoms with E-state index in [9.17, 15) is 9.59 Å². The average molecular weight is 392 g/mol. The summed E-state index contributed by atoms with van der Waals surface area (Å²) in [5.74, 6) is -0.0849. The maximum atomic E-state index is 13.4. The van der Waals surface area contributed by atoms with Gasteiger partial charge in [-0.2, -0.15) is 0 Å². The van der Waals surface area contributed by atoms with Crippen LogP contribution in [0.2, 0.25) is 0 Å². The lowest BCUT2D eigenvalue weighted by Gasteiger charge is -2.26. The number of benzene rings is 1. The third-order valence-electron chi connectivity index (χ3n) is 5.80. The molecule has 0 spiro atoms. The predicted octanol–water partition coefficient (Wildman–Crippen LogP) is 1.97. The number of carbonyl (C=O) groups excluding carboxylic acids is 1. The van der Waals surface area contributed by atoms with Gasteiger partial charge in [-0.25, -0.2) is 0 Å². The molecule has 0 bridgehead atoms. The third kappa shape index (κ3) is 3.34. The van der Waals surface area contributed by atoms with Crippen LogP contribution in [0.15, 0.2) is 51.8 Å². The molecule has 1 amide bonds. The van der Waals surface area contributed by atoms with Crippen LogP contribution in [-0.2, 0) is 0 Å². The highest BCUT2D eigenvalue weighted by Gasteiger charge is 2.43. The number of carbonyl (C=O) groups is 1. The quantitative estimate of drug-likeness (QED) is 0.696. The Morgan fingerprint density at radius 1 is 1.14 bits per heavy atom. The van der Waals surface area contributed by atoms with E-state index in [1.165, 1.54) is 4.90 Å². The second-order valence-electron chi connectivity index (χ2n) is 7.54. The fraction of sp³-hybridized carbons (Fsp3) is 0.348. The highest BCUT2D eigenvalue weighted by Crippen LogP contribution is 2.36. The van der Waals surface area contributed by atoms with Crippen molar-refractivity contribution >= 4 is 16.9 Å². The number of aromatic nitrogens is 1. The largest absolute Gasteiger partial charge is 0.450 e. The Balaban J connectivity index is 1.87. The minimum Gasteiger partial charge on any atom is -0.450 e. The van der Waals surface area contributed by atoms with Crippen LogP contribution in [0, 0.1) is 6.92 Å². The number of amides is 1. The third-order valence-corrected chi connectivity index (χ3v) is 5.80. The zero-order chi connectivity index (χ0) is 20.5. The summed E-state index contributed by atoms with van der Waals surface area (Å²) < 4.78 is 5.97. The van der Waals surface area contributed by atoms with Gasteiger partial charge in [0.05, 0.1) is 42.8 Å². The summed E-state index contributed by atoms with van der Waals surface area (Å²) in [5.41, 5.74) is 2.37. The Labute approximate surface area is 169 Å². The number of quaternary nitrogens is 1. The van der Waals surface area contributed by atoms with Crippen LogP contribution in [0.4, 0.5) is 0 Å². The molecule has 0 unspecified atom stereocenters. The predicted molar refractivity (Wildman–Crippen MR) is 111 cm³/mol. The van der Waals surface area contributed by atoms with E-state index in [1.54, 1.807) is 17.2 Å². The topological polar surface area (TPSA) is 67.8 Å². The number of fused-ring (bicyclic) bond motifs is 2. The van der Waals surface area contributed by atoms with E-state index in [4.69, 9.17) is 4.42 Å². The molecule has 2 aromatic heterocycles. The first-order valence-electron chi connectivity index (χ1n) is 10.2. The van der Waals surface area contributed by atoms with Gasteiger partial charge in [0.15, 0.2) is 5.43 Å². The Morgan fingerprint density at radius 2 is 1.93 bits per heavy atom. The number of rotatable bonds is 6. The van der Waals surface area contributed by atoms with Crippen molar-refractivity contribution in [1.82, 2.24) is 9.88 Å². The zero-order valence-corrected chi connectivity index (χ0v) is 17.1. The van der Waals surface area contributed by atoms with Gasteiger partial charge in [-0.15, -0.1) is 0 Å². The smallest absolute Gasteiger partial charge is 0.291 e. The van der Waals surface area contributed by atoms with Crippen LogP contribution in [-0.4, -0.2) is 42.0 Å². The standard InChI is InChI=1S/C23H25N3O3/c1-4-25(5-2)12-13-26-20(17-8-6-7-11-24-17)19-21(27)16-14-15(3)9-10-18(16)29-22(19)23(26)28/h6-11,14,20H,4-5,12-13H2,1-3H3/p+1/t20-/m1/s1. The molecule has 4 rings (SSSR count). The van der Waals surface area contributed by atoms with E-state index in [0.717, 1.165) is 25.2 Å². The van der Waals surface area contributed by atoms with Crippen molar-refractivity contribution < 1.29 is 14.1 Å². The van der Waals surface area contributed by atoms with Gasteiger partial charge in [0, 0.05) is 6.20 Å². The SMILES string of the molecule is CC[NH+](CC)CCN1C(=O)c2oc3ccc(C)cc3c(=O)c2[C@H]1c1ccccn1. The second-order valence-corrected chi connectivity index (χ2v) is 7.54. The van der Waals surface area contributed by atoms with Crippen LogP contribution in [0.1, 0.15) is 47.3 Å². The lowest BCUT2D eigenvalue weighted by Crippen LogP contribution is -3.12. The van der Waals surface area contributed by atoms with Crippen molar-refractivity contribution in [2.75, 3.05) is 26.2 Å². The number of pyridine rings is 1. The van der Waals surface area contributed by atoms with Crippen molar-refractivity contribution in [3.05, 3.63) is 75.4 Å². The molecule has 0 fully saturated rings. The number of nitrogens with one attached hydrogen (secondary N) is 1. The maximum Gasteiger partial charge on any atom is 0.291 e. The summed E-state index contributed by atoms with van der Waals surface area (Å²) in [6.07, 6.45) is 1.69.